The lowest BCUT2D eigenvalue weighted by atomic mass is 9.84. The topological polar surface area (TPSA) is 144 Å². The summed E-state index contributed by atoms with van der Waals surface area (Å²) in [5, 5.41) is 8.27. The monoisotopic (exact) mass is 523 g/mol. The number of benzene rings is 2. The third-order valence-corrected chi connectivity index (χ3v) is 7.08. The molecule has 0 unspecified atom stereocenters. The van der Waals surface area contributed by atoms with Crippen molar-refractivity contribution in [1.82, 2.24) is 20.2 Å². The number of hydrogen-bond donors (Lipinski definition) is 3. The molecule has 11 heteroatoms. The number of aliphatic imine (C=N–C) groups is 1. The van der Waals surface area contributed by atoms with E-state index in [0.29, 0.717) is 46.5 Å². The minimum atomic E-state index is 0.356. The van der Waals surface area contributed by atoms with Crippen molar-refractivity contribution in [2.24, 2.45) is 16.8 Å². The summed E-state index contributed by atoms with van der Waals surface area (Å²) in [7, 11) is 6.49. The van der Waals surface area contributed by atoms with Gasteiger partial charge in [-0.2, -0.15) is 0 Å². The first-order valence-electron chi connectivity index (χ1n) is 12.7. The van der Waals surface area contributed by atoms with Gasteiger partial charge >= 0.3 is 0 Å². The molecule has 0 saturated heterocycles. The number of nitrogen functional groups attached to an aromatic ring is 1. The van der Waals surface area contributed by atoms with E-state index in [1.165, 1.54) is 12.8 Å². The number of rotatable bonds is 8. The molecule has 1 aromatic heterocycles. The summed E-state index contributed by atoms with van der Waals surface area (Å²) in [4.78, 5) is 4.57. The Morgan fingerprint density at radius 1 is 0.842 bits per heavy atom. The van der Waals surface area contributed by atoms with Crippen LogP contribution in [0.2, 0.25) is 0 Å². The fourth-order valence-corrected chi connectivity index (χ4v) is 4.51. The number of para-hydroxylation sites is 2. The average molecular weight is 524 g/mol. The minimum Gasteiger partial charge on any atom is -0.494 e. The van der Waals surface area contributed by atoms with E-state index in [1.807, 2.05) is 41.0 Å². The van der Waals surface area contributed by atoms with Gasteiger partial charge in [0.15, 0.2) is 0 Å². The molecular formula is C27H37N7O4. The molecule has 0 aliphatic heterocycles. The highest BCUT2D eigenvalue weighted by Gasteiger charge is 2.29. The van der Waals surface area contributed by atoms with E-state index in [4.69, 9.17) is 30.5 Å². The van der Waals surface area contributed by atoms with Crippen LogP contribution in [0.5, 0.6) is 23.0 Å². The van der Waals surface area contributed by atoms with Gasteiger partial charge < -0.3 is 30.1 Å². The predicted octanol–water partition coefficient (Wildman–Crippen LogP) is 4.13. The van der Waals surface area contributed by atoms with Crippen molar-refractivity contribution in [3.63, 3.8) is 0 Å². The van der Waals surface area contributed by atoms with E-state index < -0.39 is 0 Å². The molecule has 0 radical (unpaired) electrons. The normalized spacial score (nSPS) is 15.4. The first-order chi connectivity index (χ1) is 18.6. The second kappa shape index (κ2) is 12.5. The standard InChI is InChI=1S/C14H18N4O2.C13H19N3O2/c1-19-10-7-4-8-11(20-2)12(10)18-13(9-5-3-6-9)16-17-14(18)15;1-17-10-7-4-8-11(18-2)12(10)15-13(16-14)9-5-3-6-9/h4,7-9H,3,5-6H2,1-2H3,(H2,15,17);4,7-9H,3,5-6,14H2,1-2H3,(H,15,16). The zero-order valence-corrected chi connectivity index (χ0v) is 22.4. The molecular weight excluding hydrogens is 486 g/mol. The lowest BCUT2D eigenvalue weighted by Gasteiger charge is -2.26. The Balaban J connectivity index is 0.000000178. The SMILES string of the molecule is COc1cccc(OC)c1-n1c(N)nnc1C1CCC1.COc1cccc(OC)c1N=C(NN)C1CCC1. The van der Waals surface area contributed by atoms with E-state index >= 15 is 0 Å². The smallest absolute Gasteiger partial charge is 0.226 e. The summed E-state index contributed by atoms with van der Waals surface area (Å²) in [5.41, 5.74) is 10.2. The number of nitrogens with one attached hydrogen (secondary N) is 1. The number of aromatic nitrogens is 3. The first-order valence-corrected chi connectivity index (χ1v) is 12.7. The Labute approximate surface area is 223 Å². The van der Waals surface area contributed by atoms with E-state index in [9.17, 15) is 0 Å². The maximum atomic E-state index is 6.02. The summed E-state index contributed by atoms with van der Waals surface area (Å²) in [5.74, 6) is 11.2. The maximum absolute atomic E-state index is 6.02. The van der Waals surface area contributed by atoms with Gasteiger partial charge in [-0.3, -0.25) is 4.57 Å². The Morgan fingerprint density at radius 3 is 1.79 bits per heavy atom. The number of amidine groups is 1. The van der Waals surface area contributed by atoms with Gasteiger partial charge in [0.25, 0.3) is 0 Å². The van der Waals surface area contributed by atoms with Crippen LogP contribution in [0.25, 0.3) is 5.69 Å². The van der Waals surface area contributed by atoms with Gasteiger partial charge in [0, 0.05) is 11.8 Å². The van der Waals surface area contributed by atoms with Gasteiger partial charge in [0.2, 0.25) is 5.95 Å². The summed E-state index contributed by atoms with van der Waals surface area (Å²) < 4.78 is 23.3. The highest BCUT2D eigenvalue weighted by molar-refractivity contribution is 5.88. The Hall–Kier alpha value is -3.99. The molecule has 0 bridgehead atoms. The van der Waals surface area contributed by atoms with Crippen molar-refractivity contribution in [2.45, 2.75) is 44.4 Å². The second-order valence-corrected chi connectivity index (χ2v) is 9.17. The summed E-state index contributed by atoms with van der Waals surface area (Å²) in [6, 6.07) is 11.2. The minimum absolute atomic E-state index is 0.356. The number of methoxy groups -OCH3 is 4. The number of ether oxygens (including phenoxy) is 4. The molecule has 38 heavy (non-hydrogen) atoms. The molecule has 11 nitrogen and oxygen atoms in total. The van der Waals surface area contributed by atoms with Gasteiger partial charge in [0.05, 0.1) is 28.4 Å². The summed E-state index contributed by atoms with van der Waals surface area (Å²) in [6.45, 7) is 0. The highest BCUT2D eigenvalue weighted by Crippen LogP contribution is 2.41. The Bertz CT molecular complexity index is 1210. The van der Waals surface area contributed by atoms with Crippen LogP contribution in [-0.4, -0.2) is 49.0 Å². The maximum Gasteiger partial charge on any atom is 0.226 e. The molecule has 204 valence electrons. The molecule has 5 N–H and O–H groups in total. The van der Waals surface area contributed by atoms with Crippen molar-refractivity contribution in [2.75, 3.05) is 34.2 Å². The number of nitrogens with two attached hydrogens (primary N) is 2. The first kappa shape index (κ1) is 27.1. The van der Waals surface area contributed by atoms with Gasteiger partial charge in [-0.25, -0.2) is 10.8 Å². The van der Waals surface area contributed by atoms with E-state index in [0.717, 1.165) is 43.0 Å². The Kier molecular flexibility index (Phi) is 8.90. The quantitative estimate of drug-likeness (QED) is 0.172. The van der Waals surface area contributed by atoms with Gasteiger partial charge in [0.1, 0.15) is 46.0 Å². The molecule has 2 fully saturated rings. The number of hydrazine groups is 1. The third-order valence-electron chi connectivity index (χ3n) is 7.08. The summed E-state index contributed by atoms with van der Waals surface area (Å²) >= 11 is 0. The zero-order chi connectivity index (χ0) is 27.1. The molecule has 2 saturated carbocycles. The third kappa shape index (κ3) is 5.47. The van der Waals surface area contributed by atoms with Crippen LogP contribution in [-0.2, 0) is 0 Å². The molecule has 0 amide bonds. The molecule has 2 aromatic carbocycles. The van der Waals surface area contributed by atoms with Crippen molar-refractivity contribution in [1.29, 1.82) is 0 Å². The molecule has 3 aromatic rings. The number of nitrogens with zero attached hydrogens (tertiary/aromatic N) is 4. The van der Waals surface area contributed by atoms with Crippen LogP contribution >= 0.6 is 0 Å². The van der Waals surface area contributed by atoms with Gasteiger partial charge in [-0.15, -0.1) is 10.2 Å². The van der Waals surface area contributed by atoms with E-state index in [2.05, 4.69) is 20.6 Å². The van der Waals surface area contributed by atoms with Gasteiger partial charge in [-0.1, -0.05) is 25.0 Å². The van der Waals surface area contributed by atoms with Crippen molar-refractivity contribution >= 4 is 17.5 Å². The predicted molar refractivity (Wildman–Crippen MR) is 147 cm³/mol. The van der Waals surface area contributed by atoms with E-state index in [-0.39, 0.29) is 0 Å². The van der Waals surface area contributed by atoms with E-state index in [1.54, 1.807) is 28.4 Å². The number of anilines is 1. The van der Waals surface area contributed by atoms with Crippen LogP contribution in [0.1, 0.15) is 50.3 Å². The largest absolute Gasteiger partial charge is 0.494 e. The lowest BCUT2D eigenvalue weighted by Crippen LogP contribution is -2.38. The molecule has 2 aliphatic rings. The summed E-state index contributed by atoms with van der Waals surface area (Å²) in [6.07, 6.45) is 6.95. The van der Waals surface area contributed by atoms with Crippen LogP contribution in [0.15, 0.2) is 41.4 Å². The second-order valence-electron chi connectivity index (χ2n) is 9.17. The Morgan fingerprint density at radius 2 is 1.37 bits per heavy atom. The molecule has 1 heterocycles. The zero-order valence-electron chi connectivity index (χ0n) is 22.4. The van der Waals surface area contributed by atoms with Crippen LogP contribution in [0, 0.1) is 5.92 Å². The van der Waals surface area contributed by atoms with Crippen molar-refractivity contribution in [3.05, 3.63) is 42.2 Å². The average Bonchev–Trinajstić information content (AvgIpc) is 3.25. The fourth-order valence-electron chi connectivity index (χ4n) is 4.51. The fraction of sp³-hybridized carbons (Fsp3) is 0.444. The molecule has 0 spiro atoms. The van der Waals surface area contributed by atoms with Crippen LogP contribution in [0.3, 0.4) is 0 Å². The van der Waals surface area contributed by atoms with Crippen molar-refractivity contribution < 1.29 is 18.9 Å². The highest BCUT2D eigenvalue weighted by atomic mass is 16.5. The molecule has 2 aliphatic carbocycles. The lowest BCUT2D eigenvalue weighted by molar-refractivity contribution is 0.379. The van der Waals surface area contributed by atoms with Crippen LogP contribution in [0.4, 0.5) is 11.6 Å². The van der Waals surface area contributed by atoms with Crippen molar-refractivity contribution in [3.8, 4) is 28.7 Å². The van der Waals surface area contributed by atoms with Gasteiger partial charge in [-0.05, 0) is 49.9 Å². The molecule has 5 rings (SSSR count). The number of hydrogen-bond acceptors (Lipinski definition) is 9. The van der Waals surface area contributed by atoms with Crippen LogP contribution < -0.4 is 35.9 Å². The molecule has 0 atom stereocenters.